The second-order valence-corrected chi connectivity index (χ2v) is 8.01. The molecule has 0 aliphatic carbocycles. The van der Waals surface area contributed by atoms with Crippen molar-refractivity contribution in [3.63, 3.8) is 0 Å². The largest absolute Gasteiger partial charge is 0.449 e. The number of rotatable bonds is 5. The number of benzene rings is 1. The minimum absolute atomic E-state index is 0.238. The molecule has 1 aromatic heterocycles. The lowest BCUT2D eigenvalue weighted by Crippen LogP contribution is -2.50. The Morgan fingerprint density at radius 2 is 2.06 bits per heavy atom. The normalized spacial score (nSPS) is 14.0. The standard InChI is InChI=1S/C23H26FN5O3/c1-16(2)15-32-23(31)28-10-8-20(9-11-28)29(21-5-3-4-17(24)12-21)22(30)27-19-7-6-18(13-25)26-14-19/h3-7,12,14,16,20H,8-11,15H2,1-2H3,(H,27,30). The number of nitrogens with one attached hydrogen (secondary N) is 1. The molecule has 8 nitrogen and oxygen atoms in total. The molecule has 1 aromatic carbocycles. The third-order valence-electron chi connectivity index (χ3n) is 5.06. The summed E-state index contributed by atoms with van der Waals surface area (Å²) in [5.41, 5.74) is 1.08. The lowest BCUT2D eigenvalue weighted by Gasteiger charge is -2.38. The fourth-order valence-corrected chi connectivity index (χ4v) is 3.47. The van der Waals surface area contributed by atoms with Crippen LogP contribution >= 0.6 is 0 Å². The molecule has 1 aliphatic rings. The third kappa shape index (κ3) is 5.94. The molecule has 0 radical (unpaired) electrons. The lowest BCUT2D eigenvalue weighted by molar-refractivity contribution is 0.0836. The van der Waals surface area contributed by atoms with Crippen molar-refractivity contribution in [3.05, 3.63) is 54.1 Å². The zero-order valence-electron chi connectivity index (χ0n) is 18.1. The Labute approximate surface area is 186 Å². The number of likely N-dealkylation sites (tertiary alicyclic amines) is 1. The highest BCUT2D eigenvalue weighted by Gasteiger charge is 2.31. The zero-order valence-corrected chi connectivity index (χ0v) is 18.1. The molecular weight excluding hydrogens is 413 g/mol. The molecule has 2 heterocycles. The molecule has 3 rings (SSSR count). The summed E-state index contributed by atoms with van der Waals surface area (Å²) in [5, 5.41) is 11.6. The van der Waals surface area contributed by atoms with Crippen molar-refractivity contribution < 1.29 is 18.7 Å². The van der Waals surface area contributed by atoms with Crippen LogP contribution in [0.5, 0.6) is 0 Å². The first-order chi connectivity index (χ1) is 15.4. The Kier molecular flexibility index (Phi) is 7.60. The number of nitrogens with zero attached hydrogens (tertiary/aromatic N) is 4. The number of urea groups is 1. The van der Waals surface area contributed by atoms with Crippen LogP contribution in [0.4, 0.5) is 25.4 Å². The fraction of sp³-hybridized carbons (Fsp3) is 0.391. The number of ether oxygens (including phenoxy) is 1. The molecule has 1 saturated heterocycles. The maximum Gasteiger partial charge on any atom is 0.409 e. The molecule has 0 saturated carbocycles. The van der Waals surface area contributed by atoms with Gasteiger partial charge in [-0.2, -0.15) is 5.26 Å². The second-order valence-electron chi connectivity index (χ2n) is 8.01. The van der Waals surface area contributed by atoms with E-state index in [9.17, 15) is 14.0 Å². The van der Waals surface area contributed by atoms with Crippen LogP contribution in [0, 0.1) is 23.1 Å². The van der Waals surface area contributed by atoms with E-state index in [-0.39, 0.29) is 23.7 Å². The van der Waals surface area contributed by atoms with E-state index in [1.807, 2.05) is 19.9 Å². The molecular formula is C23H26FN5O3. The summed E-state index contributed by atoms with van der Waals surface area (Å²) in [6.07, 6.45) is 2.08. The van der Waals surface area contributed by atoms with Crippen LogP contribution in [0.1, 0.15) is 32.4 Å². The van der Waals surface area contributed by atoms with E-state index in [4.69, 9.17) is 10.00 Å². The summed E-state index contributed by atoms with van der Waals surface area (Å²) in [6, 6.07) is 10.2. The topological polar surface area (TPSA) is 98.6 Å². The molecule has 3 amide bonds. The number of hydrogen-bond donors (Lipinski definition) is 1. The predicted molar refractivity (Wildman–Crippen MR) is 118 cm³/mol. The predicted octanol–water partition coefficient (Wildman–Crippen LogP) is 4.39. The lowest BCUT2D eigenvalue weighted by atomic mass is 10.0. The van der Waals surface area contributed by atoms with Crippen molar-refractivity contribution in [3.8, 4) is 6.07 Å². The number of anilines is 2. The number of carbonyl (C=O) groups excluding carboxylic acids is 2. The van der Waals surface area contributed by atoms with Gasteiger partial charge in [-0.15, -0.1) is 0 Å². The van der Waals surface area contributed by atoms with Crippen LogP contribution in [0.2, 0.25) is 0 Å². The van der Waals surface area contributed by atoms with Gasteiger partial charge in [0.05, 0.1) is 18.5 Å². The van der Waals surface area contributed by atoms with E-state index in [1.165, 1.54) is 29.3 Å². The first kappa shape index (κ1) is 23.0. The molecule has 0 atom stereocenters. The summed E-state index contributed by atoms with van der Waals surface area (Å²) in [7, 11) is 0. The minimum Gasteiger partial charge on any atom is -0.449 e. The van der Waals surface area contributed by atoms with Crippen LogP contribution in [-0.4, -0.2) is 47.7 Å². The van der Waals surface area contributed by atoms with E-state index in [2.05, 4.69) is 10.3 Å². The molecule has 0 unspecified atom stereocenters. The van der Waals surface area contributed by atoms with Crippen LogP contribution in [0.25, 0.3) is 0 Å². The van der Waals surface area contributed by atoms with Crippen molar-refractivity contribution in [2.24, 2.45) is 5.92 Å². The molecule has 0 bridgehead atoms. The molecule has 9 heteroatoms. The van der Waals surface area contributed by atoms with Gasteiger partial charge in [0.15, 0.2) is 0 Å². The van der Waals surface area contributed by atoms with Gasteiger partial charge in [-0.25, -0.2) is 19.0 Å². The van der Waals surface area contributed by atoms with E-state index >= 15 is 0 Å². The first-order valence-electron chi connectivity index (χ1n) is 10.5. The Bertz CT molecular complexity index is 982. The number of carbonyl (C=O) groups is 2. The van der Waals surface area contributed by atoms with Crippen molar-refractivity contribution in [2.75, 3.05) is 29.9 Å². The average molecular weight is 439 g/mol. The quantitative estimate of drug-likeness (QED) is 0.745. The highest BCUT2D eigenvalue weighted by molar-refractivity contribution is 6.02. The summed E-state index contributed by atoms with van der Waals surface area (Å²) in [6.45, 7) is 5.16. The molecule has 2 aromatic rings. The third-order valence-corrected chi connectivity index (χ3v) is 5.06. The second kappa shape index (κ2) is 10.6. The monoisotopic (exact) mass is 439 g/mol. The maximum atomic E-state index is 13.9. The van der Waals surface area contributed by atoms with E-state index in [0.717, 1.165) is 0 Å². The van der Waals surface area contributed by atoms with Crippen LogP contribution in [0.15, 0.2) is 42.6 Å². The molecule has 168 valence electrons. The highest BCUT2D eigenvalue weighted by Crippen LogP contribution is 2.26. The van der Waals surface area contributed by atoms with E-state index in [0.29, 0.717) is 43.9 Å². The van der Waals surface area contributed by atoms with Gasteiger partial charge >= 0.3 is 12.1 Å². The Balaban J connectivity index is 1.73. The Morgan fingerprint density at radius 3 is 2.66 bits per heavy atom. The summed E-state index contributed by atoms with van der Waals surface area (Å²) < 4.78 is 19.2. The SMILES string of the molecule is CC(C)COC(=O)N1CCC(N(C(=O)Nc2ccc(C#N)nc2)c2cccc(F)c2)CC1. The van der Waals surface area contributed by atoms with Crippen LogP contribution in [-0.2, 0) is 4.74 Å². The van der Waals surface area contributed by atoms with Crippen molar-refractivity contribution in [2.45, 2.75) is 32.7 Å². The summed E-state index contributed by atoms with van der Waals surface area (Å²) >= 11 is 0. The molecule has 1 N–H and O–H groups in total. The summed E-state index contributed by atoms with van der Waals surface area (Å²) in [4.78, 5) is 32.5. The van der Waals surface area contributed by atoms with Crippen LogP contribution in [0.3, 0.4) is 0 Å². The van der Waals surface area contributed by atoms with Gasteiger partial charge < -0.3 is 15.0 Å². The van der Waals surface area contributed by atoms with Crippen molar-refractivity contribution >= 4 is 23.5 Å². The van der Waals surface area contributed by atoms with E-state index in [1.54, 1.807) is 23.1 Å². The smallest absolute Gasteiger partial charge is 0.409 e. The van der Waals surface area contributed by atoms with E-state index < -0.39 is 11.8 Å². The van der Waals surface area contributed by atoms with Gasteiger partial charge in [-0.3, -0.25) is 4.90 Å². The number of piperidine rings is 1. The van der Waals surface area contributed by atoms with Gasteiger partial charge in [0.25, 0.3) is 0 Å². The zero-order chi connectivity index (χ0) is 23.1. The number of nitriles is 1. The minimum atomic E-state index is -0.449. The fourth-order valence-electron chi connectivity index (χ4n) is 3.47. The number of hydrogen-bond acceptors (Lipinski definition) is 5. The number of aromatic nitrogens is 1. The Morgan fingerprint density at radius 1 is 1.31 bits per heavy atom. The van der Waals surface area contributed by atoms with Gasteiger partial charge in [0.2, 0.25) is 0 Å². The molecule has 1 aliphatic heterocycles. The highest BCUT2D eigenvalue weighted by atomic mass is 19.1. The van der Waals surface area contributed by atoms with Crippen molar-refractivity contribution in [1.82, 2.24) is 9.88 Å². The van der Waals surface area contributed by atoms with Gasteiger partial charge in [0.1, 0.15) is 17.6 Å². The first-order valence-corrected chi connectivity index (χ1v) is 10.5. The van der Waals surface area contributed by atoms with Gasteiger partial charge in [0, 0.05) is 24.8 Å². The number of halogens is 1. The Hall–Kier alpha value is -3.67. The van der Waals surface area contributed by atoms with Gasteiger partial charge in [-0.1, -0.05) is 19.9 Å². The van der Waals surface area contributed by atoms with Crippen LogP contribution < -0.4 is 10.2 Å². The average Bonchev–Trinajstić information content (AvgIpc) is 2.78. The maximum absolute atomic E-state index is 13.9. The summed E-state index contributed by atoms with van der Waals surface area (Å²) in [5.74, 6) is -0.199. The molecule has 1 fully saturated rings. The molecule has 32 heavy (non-hydrogen) atoms. The number of amides is 3. The van der Waals surface area contributed by atoms with Gasteiger partial charge in [-0.05, 0) is 49.1 Å². The van der Waals surface area contributed by atoms with Crippen molar-refractivity contribution in [1.29, 1.82) is 5.26 Å². The molecule has 0 spiro atoms. The number of pyridine rings is 1.